The molecule has 0 amide bonds. The monoisotopic (exact) mass is 255 g/mol. The summed E-state index contributed by atoms with van der Waals surface area (Å²) in [7, 11) is 0. The van der Waals surface area contributed by atoms with Gasteiger partial charge in [0.1, 0.15) is 5.82 Å². The van der Waals surface area contributed by atoms with Crippen molar-refractivity contribution in [1.82, 2.24) is 5.32 Å². The summed E-state index contributed by atoms with van der Waals surface area (Å²) in [5.74, 6) is 0.641. The van der Waals surface area contributed by atoms with Crippen LogP contribution in [0.1, 0.15) is 35.4 Å². The van der Waals surface area contributed by atoms with E-state index >= 15 is 0 Å². The molecule has 0 saturated heterocycles. The summed E-state index contributed by atoms with van der Waals surface area (Å²) in [6.45, 7) is 1.52. The third kappa shape index (κ3) is 3.42. The molecule has 2 aromatic carbocycles. The highest BCUT2D eigenvalue weighted by atomic mass is 19.1. The highest BCUT2D eigenvalue weighted by molar-refractivity contribution is 5.28. The Kier molecular flexibility index (Phi) is 3.60. The summed E-state index contributed by atoms with van der Waals surface area (Å²) in [6.07, 6.45) is 2.69. The average molecular weight is 255 g/mol. The third-order valence-electron chi connectivity index (χ3n) is 3.58. The van der Waals surface area contributed by atoms with Gasteiger partial charge < -0.3 is 5.32 Å². The molecule has 3 rings (SSSR count). The molecule has 2 heteroatoms. The Bertz CT molecular complexity index is 543. The minimum atomic E-state index is -0.173. The van der Waals surface area contributed by atoms with Gasteiger partial charge in [-0.25, -0.2) is 4.39 Å². The molecule has 0 bridgehead atoms. The van der Waals surface area contributed by atoms with Crippen LogP contribution in [0.2, 0.25) is 0 Å². The van der Waals surface area contributed by atoms with Crippen LogP contribution in [0, 0.1) is 5.82 Å². The van der Waals surface area contributed by atoms with E-state index in [9.17, 15) is 4.39 Å². The highest BCUT2D eigenvalue weighted by Crippen LogP contribution is 2.39. The number of halogens is 1. The van der Waals surface area contributed by atoms with Crippen molar-refractivity contribution in [1.29, 1.82) is 0 Å². The van der Waals surface area contributed by atoms with Crippen LogP contribution in [0.15, 0.2) is 48.5 Å². The van der Waals surface area contributed by atoms with Crippen molar-refractivity contribution in [3.05, 3.63) is 71.0 Å². The zero-order chi connectivity index (χ0) is 13.1. The summed E-state index contributed by atoms with van der Waals surface area (Å²) in [6, 6.07) is 15.6. The van der Waals surface area contributed by atoms with E-state index in [-0.39, 0.29) is 5.82 Å². The fraction of sp³-hybridized carbons (Fsp3) is 0.294. The molecule has 1 aliphatic rings. The molecule has 1 saturated carbocycles. The molecule has 1 N–H and O–H groups in total. The van der Waals surface area contributed by atoms with Crippen LogP contribution in [0.4, 0.5) is 4.39 Å². The van der Waals surface area contributed by atoms with Gasteiger partial charge in [-0.3, -0.25) is 0 Å². The van der Waals surface area contributed by atoms with Gasteiger partial charge in [-0.05, 0) is 47.6 Å². The number of hydrogen-bond acceptors (Lipinski definition) is 1. The molecule has 0 aromatic heterocycles. The smallest absolute Gasteiger partial charge is 0.123 e. The molecule has 0 radical (unpaired) electrons. The third-order valence-corrected chi connectivity index (χ3v) is 3.58. The zero-order valence-corrected chi connectivity index (χ0v) is 10.9. The molecular formula is C17H18FN. The second kappa shape index (κ2) is 5.54. The minimum absolute atomic E-state index is 0.173. The van der Waals surface area contributed by atoms with E-state index in [0.29, 0.717) is 6.54 Å². The average Bonchev–Trinajstić information content (AvgIpc) is 3.24. The highest BCUT2D eigenvalue weighted by Gasteiger charge is 2.22. The fourth-order valence-corrected chi connectivity index (χ4v) is 2.32. The Labute approximate surface area is 113 Å². The molecule has 1 aliphatic carbocycles. The van der Waals surface area contributed by atoms with Gasteiger partial charge >= 0.3 is 0 Å². The molecule has 0 atom stereocenters. The van der Waals surface area contributed by atoms with E-state index in [0.717, 1.165) is 18.0 Å². The predicted octanol–water partition coefficient (Wildman–Crippen LogP) is 3.99. The Morgan fingerprint density at radius 3 is 2.37 bits per heavy atom. The van der Waals surface area contributed by atoms with Gasteiger partial charge in [-0.15, -0.1) is 0 Å². The maximum absolute atomic E-state index is 13.0. The van der Waals surface area contributed by atoms with E-state index in [1.807, 2.05) is 6.07 Å². The van der Waals surface area contributed by atoms with Crippen LogP contribution in [-0.2, 0) is 13.1 Å². The lowest BCUT2D eigenvalue weighted by Crippen LogP contribution is -2.12. The van der Waals surface area contributed by atoms with Crippen molar-refractivity contribution in [3.8, 4) is 0 Å². The van der Waals surface area contributed by atoms with E-state index in [4.69, 9.17) is 0 Å². The lowest BCUT2D eigenvalue weighted by Gasteiger charge is -2.06. The lowest BCUT2D eigenvalue weighted by molar-refractivity contribution is 0.620. The van der Waals surface area contributed by atoms with Crippen LogP contribution in [0.3, 0.4) is 0 Å². The first-order valence-electron chi connectivity index (χ1n) is 6.85. The van der Waals surface area contributed by atoms with Crippen molar-refractivity contribution >= 4 is 0 Å². The molecule has 2 aromatic rings. The molecule has 1 nitrogen and oxygen atoms in total. The van der Waals surface area contributed by atoms with Crippen molar-refractivity contribution < 1.29 is 4.39 Å². The quantitative estimate of drug-likeness (QED) is 0.851. The predicted molar refractivity (Wildman–Crippen MR) is 75.4 cm³/mol. The Balaban J connectivity index is 1.51. The fourth-order valence-electron chi connectivity index (χ4n) is 2.32. The first-order chi connectivity index (χ1) is 9.31. The van der Waals surface area contributed by atoms with Gasteiger partial charge in [-0.1, -0.05) is 36.4 Å². The molecule has 0 unspecified atom stereocenters. The standard InChI is InChI=1S/C17H18FN/c18-17-3-1-2-14(10-17)12-19-11-13-4-6-15(7-5-13)16-8-9-16/h1-7,10,16,19H,8-9,11-12H2. The van der Waals surface area contributed by atoms with Gasteiger partial charge in [0, 0.05) is 13.1 Å². The van der Waals surface area contributed by atoms with Crippen molar-refractivity contribution in [2.75, 3.05) is 0 Å². The van der Waals surface area contributed by atoms with Crippen molar-refractivity contribution in [3.63, 3.8) is 0 Å². The van der Waals surface area contributed by atoms with Crippen molar-refractivity contribution in [2.45, 2.75) is 31.8 Å². The normalized spacial score (nSPS) is 14.6. The van der Waals surface area contributed by atoms with Gasteiger partial charge in [-0.2, -0.15) is 0 Å². The second-order valence-electron chi connectivity index (χ2n) is 5.25. The zero-order valence-electron chi connectivity index (χ0n) is 10.9. The minimum Gasteiger partial charge on any atom is -0.309 e. The lowest BCUT2D eigenvalue weighted by atomic mass is 10.1. The van der Waals surface area contributed by atoms with Gasteiger partial charge in [0.2, 0.25) is 0 Å². The summed E-state index contributed by atoms with van der Waals surface area (Å²) in [5, 5.41) is 3.34. The van der Waals surface area contributed by atoms with Crippen LogP contribution < -0.4 is 5.32 Å². The van der Waals surface area contributed by atoms with Crippen LogP contribution in [-0.4, -0.2) is 0 Å². The summed E-state index contributed by atoms with van der Waals surface area (Å²) >= 11 is 0. The molecule has 98 valence electrons. The van der Waals surface area contributed by atoms with Gasteiger partial charge in [0.15, 0.2) is 0 Å². The van der Waals surface area contributed by atoms with Crippen LogP contribution in [0.5, 0.6) is 0 Å². The molecule has 0 heterocycles. The Hall–Kier alpha value is -1.67. The summed E-state index contributed by atoms with van der Waals surface area (Å²) < 4.78 is 13.0. The van der Waals surface area contributed by atoms with Crippen molar-refractivity contribution in [2.24, 2.45) is 0 Å². The number of nitrogens with one attached hydrogen (secondary N) is 1. The Morgan fingerprint density at radius 2 is 1.68 bits per heavy atom. The van der Waals surface area contributed by atoms with E-state index in [1.165, 1.54) is 30.0 Å². The molecule has 1 fully saturated rings. The largest absolute Gasteiger partial charge is 0.309 e. The Morgan fingerprint density at radius 1 is 0.947 bits per heavy atom. The summed E-state index contributed by atoms with van der Waals surface area (Å²) in [5.41, 5.74) is 3.73. The van der Waals surface area contributed by atoms with E-state index in [2.05, 4.69) is 29.6 Å². The molecule has 0 spiro atoms. The molecule has 0 aliphatic heterocycles. The topological polar surface area (TPSA) is 12.0 Å². The number of hydrogen-bond donors (Lipinski definition) is 1. The van der Waals surface area contributed by atoms with E-state index in [1.54, 1.807) is 12.1 Å². The SMILES string of the molecule is Fc1cccc(CNCc2ccc(C3CC3)cc2)c1. The van der Waals surface area contributed by atoms with Gasteiger partial charge in [0.05, 0.1) is 0 Å². The maximum Gasteiger partial charge on any atom is 0.123 e. The van der Waals surface area contributed by atoms with E-state index < -0.39 is 0 Å². The first kappa shape index (κ1) is 12.4. The maximum atomic E-state index is 13.0. The number of benzene rings is 2. The molecule has 19 heavy (non-hydrogen) atoms. The molecular weight excluding hydrogens is 237 g/mol. The second-order valence-corrected chi connectivity index (χ2v) is 5.25. The van der Waals surface area contributed by atoms with Gasteiger partial charge in [0.25, 0.3) is 0 Å². The first-order valence-corrected chi connectivity index (χ1v) is 6.85. The van der Waals surface area contributed by atoms with Crippen LogP contribution >= 0.6 is 0 Å². The van der Waals surface area contributed by atoms with Crippen LogP contribution in [0.25, 0.3) is 0 Å². The summed E-state index contributed by atoms with van der Waals surface area (Å²) in [4.78, 5) is 0. The number of rotatable bonds is 5.